The number of benzene rings is 2. The Kier molecular flexibility index (Phi) is 7.80. The van der Waals surface area contributed by atoms with E-state index >= 15 is 0 Å². The monoisotopic (exact) mass is 601 g/mol. The molecule has 2 aliphatic heterocycles. The zero-order chi connectivity index (χ0) is 29.4. The van der Waals surface area contributed by atoms with Gasteiger partial charge >= 0.3 is 12.5 Å². The van der Waals surface area contributed by atoms with Crippen LogP contribution >= 0.6 is 0 Å². The number of hydrogen-bond donors (Lipinski definition) is 2. The zero-order valence-electron chi connectivity index (χ0n) is 20.9. The number of fused-ring (bicyclic) bond motifs is 2. The quantitative estimate of drug-likeness (QED) is 0.407. The number of anilines is 3. The Labute approximate surface area is 231 Å². The number of alkyl halides is 6. The Morgan fingerprint density at radius 2 is 1.71 bits per heavy atom. The van der Waals surface area contributed by atoms with E-state index in [1.807, 2.05) is 0 Å². The van der Waals surface area contributed by atoms with Crippen LogP contribution in [-0.2, 0) is 28.4 Å². The lowest BCUT2D eigenvalue weighted by Crippen LogP contribution is -2.48. The number of hydrogen-bond acceptors (Lipinski definition) is 7. The van der Waals surface area contributed by atoms with Gasteiger partial charge in [0.05, 0.1) is 41.6 Å². The molecule has 0 aliphatic carbocycles. The highest BCUT2D eigenvalue weighted by Crippen LogP contribution is 2.41. The third kappa shape index (κ3) is 6.55. The molecule has 3 aromatic rings. The number of nitrogens with one attached hydrogen (secondary N) is 2. The summed E-state index contributed by atoms with van der Waals surface area (Å²) in [5, 5.41) is 4.48. The van der Waals surface area contributed by atoms with Crippen LogP contribution in [-0.4, -0.2) is 52.8 Å². The number of aromatic nitrogens is 1. The van der Waals surface area contributed by atoms with Crippen molar-refractivity contribution < 1.29 is 44.8 Å². The summed E-state index contributed by atoms with van der Waals surface area (Å²) in [7, 11) is -2.14. The second kappa shape index (κ2) is 11.2. The van der Waals surface area contributed by atoms with Crippen molar-refractivity contribution in [3.8, 4) is 5.75 Å². The average molecular weight is 602 g/mol. The molecule has 0 saturated carbocycles. The first-order chi connectivity index (χ1) is 19.4. The molecule has 9 nitrogen and oxygen atoms in total. The van der Waals surface area contributed by atoms with Gasteiger partial charge < -0.3 is 14.8 Å². The number of rotatable bonds is 5. The van der Waals surface area contributed by atoms with Gasteiger partial charge in [0.15, 0.2) is 11.0 Å². The van der Waals surface area contributed by atoms with Crippen molar-refractivity contribution in [2.75, 3.05) is 35.9 Å². The molecule has 16 heteroatoms. The molecule has 1 fully saturated rings. The SMILES string of the molecule is O=C(NN1CCOCC1)c1cccc2c1N(S(=O)c1ccc(OC(F)(F)F)cc1)Cc1ccc(C(F)(F)F)nc1N2. The minimum Gasteiger partial charge on any atom is -0.406 e. The second-order valence-electron chi connectivity index (χ2n) is 8.87. The van der Waals surface area contributed by atoms with Crippen LogP contribution in [0.5, 0.6) is 5.75 Å². The molecular weight excluding hydrogens is 580 g/mol. The first-order valence-corrected chi connectivity index (χ1v) is 13.2. The highest BCUT2D eigenvalue weighted by molar-refractivity contribution is 7.86. The lowest BCUT2D eigenvalue weighted by molar-refractivity contribution is -0.274. The van der Waals surface area contributed by atoms with E-state index in [1.54, 1.807) is 5.01 Å². The van der Waals surface area contributed by atoms with Gasteiger partial charge in [-0.2, -0.15) is 13.2 Å². The molecule has 2 aliphatic rings. The summed E-state index contributed by atoms with van der Waals surface area (Å²) in [6, 6.07) is 10.7. The Morgan fingerprint density at radius 1 is 1.00 bits per heavy atom. The summed E-state index contributed by atoms with van der Waals surface area (Å²) in [5.41, 5.74) is 2.14. The van der Waals surface area contributed by atoms with Crippen molar-refractivity contribution in [2.24, 2.45) is 0 Å². The van der Waals surface area contributed by atoms with Crippen molar-refractivity contribution >= 4 is 34.1 Å². The summed E-state index contributed by atoms with van der Waals surface area (Å²) in [6.45, 7) is 1.35. The molecular formula is C25H21F6N5O4S. The van der Waals surface area contributed by atoms with Gasteiger partial charge in [-0.05, 0) is 42.5 Å². The molecule has 3 heterocycles. The smallest absolute Gasteiger partial charge is 0.406 e. The first kappa shape index (κ1) is 28.6. The van der Waals surface area contributed by atoms with E-state index in [2.05, 4.69) is 20.5 Å². The van der Waals surface area contributed by atoms with E-state index in [0.29, 0.717) is 26.3 Å². The fourth-order valence-corrected chi connectivity index (χ4v) is 5.49. The minimum atomic E-state index is -4.93. The number of ether oxygens (including phenoxy) is 2. The van der Waals surface area contributed by atoms with Gasteiger partial charge in [0.2, 0.25) is 0 Å². The molecule has 5 rings (SSSR count). The molecule has 1 unspecified atom stereocenters. The Morgan fingerprint density at radius 3 is 2.37 bits per heavy atom. The first-order valence-electron chi connectivity index (χ1n) is 12.0. The molecule has 0 spiro atoms. The van der Waals surface area contributed by atoms with Crippen LogP contribution in [0.1, 0.15) is 21.6 Å². The summed E-state index contributed by atoms with van der Waals surface area (Å²) in [5.74, 6) is -1.26. The lowest BCUT2D eigenvalue weighted by Gasteiger charge is -2.29. The van der Waals surface area contributed by atoms with Crippen molar-refractivity contribution in [1.29, 1.82) is 0 Å². The lowest BCUT2D eigenvalue weighted by atomic mass is 10.1. The van der Waals surface area contributed by atoms with Crippen LogP contribution in [0.25, 0.3) is 0 Å². The normalized spacial score (nSPS) is 16.6. The third-order valence-corrected chi connectivity index (χ3v) is 7.48. The van der Waals surface area contributed by atoms with Gasteiger partial charge in [0, 0.05) is 18.7 Å². The van der Waals surface area contributed by atoms with E-state index < -0.39 is 40.9 Å². The maximum Gasteiger partial charge on any atom is 0.573 e. The van der Waals surface area contributed by atoms with Crippen molar-refractivity contribution in [3.05, 3.63) is 71.4 Å². The average Bonchev–Trinajstić information content (AvgIpc) is 3.08. The highest BCUT2D eigenvalue weighted by atomic mass is 32.2. The van der Waals surface area contributed by atoms with E-state index in [9.17, 15) is 35.3 Å². The Hall–Kier alpha value is -3.89. The summed E-state index contributed by atoms with van der Waals surface area (Å²) in [6.07, 6.45) is -9.65. The van der Waals surface area contributed by atoms with E-state index in [0.717, 1.165) is 30.3 Å². The number of para-hydroxylation sites is 1. The molecule has 1 saturated heterocycles. The standard InChI is InChI=1S/C25H21F6N5O4S/c26-24(27,28)20-9-4-15-14-36(41(38)17-7-5-16(6-8-17)40-25(29,30)31)21-18(2-1-3-19(21)32-22(15)33-20)23(37)34-35-10-12-39-13-11-35/h1-9H,10-14H2,(H,32,33)(H,34,37). The van der Waals surface area contributed by atoms with E-state index in [-0.39, 0.29) is 39.8 Å². The van der Waals surface area contributed by atoms with Gasteiger partial charge in [0.1, 0.15) is 17.3 Å². The van der Waals surface area contributed by atoms with Gasteiger partial charge in [-0.1, -0.05) is 12.1 Å². The number of hydrazine groups is 1. The number of carbonyl (C=O) groups excluding carboxylic acids is 1. The number of carbonyl (C=O) groups is 1. The molecule has 1 amide bonds. The van der Waals surface area contributed by atoms with Crippen LogP contribution in [0.2, 0.25) is 0 Å². The maximum absolute atomic E-state index is 13.9. The maximum atomic E-state index is 13.9. The highest BCUT2D eigenvalue weighted by Gasteiger charge is 2.36. The van der Waals surface area contributed by atoms with E-state index in [4.69, 9.17) is 4.74 Å². The topological polar surface area (TPSA) is 96.0 Å². The molecule has 0 bridgehead atoms. The fraction of sp³-hybridized carbons (Fsp3) is 0.280. The van der Waals surface area contributed by atoms with Crippen LogP contribution in [0.4, 0.5) is 43.5 Å². The van der Waals surface area contributed by atoms with Crippen LogP contribution < -0.4 is 19.8 Å². The molecule has 218 valence electrons. The predicted octanol–water partition coefficient (Wildman–Crippen LogP) is 4.76. The molecule has 41 heavy (non-hydrogen) atoms. The van der Waals surface area contributed by atoms with Crippen LogP contribution in [0.3, 0.4) is 0 Å². The number of nitrogens with zero attached hydrogens (tertiary/aromatic N) is 3. The molecule has 2 aromatic carbocycles. The van der Waals surface area contributed by atoms with Gasteiger partial charge in [-0.3, -0.25) is 14.5 Å². The Bertz CT molecular complexity index is 1460. The number of pyridine rings is 1. The minimum absolute atomic E-state index is 0.0516. The van der Waals surface area contributed by atoms with Crippen molar-refractivity contribution in [3.63, 3.8) is 0 Å². The zero-order valence-corrected chi connectivity index (χ0v) is 21.7. The fourth-order valence-electron chi connectivity index (χ4n) is 4.24. The molecule has 1 aromatic heterocycles. The van der Waals surface area contributed by atoms with Crippen LogP contribution in [0, 0.1) is 0 Å². The third-order valence-electron chi connectivity index (χ3n) is 6.10. The second-order valence-corrected chi connectivity index (χ2v) is 10.3. The molecule has 2 N–H and O–H groups in total. The van der Waals surface area contributed by atoms with Crippen LogP contribution in [0.15, 0.2) is 59.5 Å². The molecule has 1 atom stereocenters. The van der Waals surface area contributed by atoms with Gasteiger partial charge in [-0.25, -0.2) is 14.2 Å². The molecule has 0 radical (unpaired) electrons. The van der Waals surface area contributed by atoms with Gasteiger partial charge in [0.25, 0.3) is 5.91 Å². The van der Waals surface area contributed by atoms with Gasteiger partial charge in [-0.15, -0.1) is 13.2 Å². The predicted molar refractivity (Wildman–Crippen MR) is 135 cm³/mol. The van der Waals surface area contributed by atoms with Crippen molar-refractivity contribution in [1.82, 2.24) is 15.4 Å². The Balaban J connectivity index is 1.56. The summed E-state index contributed by atoms with van der Waals surface area (Å²) < 4.78 is 102. The number of amides is 1. The summed E-state index contributed by atoms with van der Waals surface area (Å²) in [4.78, 5) is 17.2. The number of morpholine rings is 1. The summed E-state index contributed by atoms with van der Waals surface area (Å²) >= 11 is 0. The largest absolute Gasteiger partial charge is 0.573 e. The van der Waals surface area contributed by atoms with Crippen molar-refractivity contribution in [2.45, 2.75) is 24.0 Å². The number of halogens is 6. The van der Waals surface area contributed by atoms with E-state index in [1.165, 1.54) is 28.6 Å².